The number of benzene rings is 2. The highest BCUT2D eigenvalue weighted by Gasteiger charge is 2.37. The van der Waals surface area contributed by atoms with Crippen molar-refractivity contribution in [2.75, 3.05) is 30.6 Å². The number of hydrogen-bond acceptors (Lipinski definition) is 7. The van der Waals surface area contributed by atoms with Crippen LogP contribution in [0.4, 0.5) is 14.5 Å². The molecule has 0 N–H and O–H groups in total. The van der Waals surface area contributed by atoms with Crippen LogP contribution in [0, 0.1) is 0 Å². The molecule has 0 unspecified atom stereocenters. The first-order valence-corrected chi connectivity index (χ1v) is 13.0. The molecule has 0 aliphatic carbocycles. The number of hydrogen-bond donors (Lipinski definition) is 0. The van der Waals surface area contributed by atoms with Crippen LogP contribution in [0.2, 0.25) is 0 Å². The Bertz CT molecular complexity index is 1230. The zero-order valence-electron chi connectivity index (χ0n) is 19.0. The number of anilines is 1. The Morgan fingerprint density at radius 1 is 1.00 bits per heavy atom. The van der Waals surface area contributed by atoms with E-state index in [4.69, 9.17) is 9.15 Å². The van der Waals surface area contributed by atoms with Gasteiger partial charge in [-0.25, -0.2) is 8.42 Å². The SMILES string of the molecule is O=S(=O)(C1CCN(C2COC2)CC1)N(Cc1ccc(-c2nnc(C(F)F)o2)cc1)c1ccccc1. The third-order valence-corrected chi connectivity index (χ3v) is 8.81. The number of nitrogens with zero attached hydrogens (tertiary/aromatic N) is 4. The predicted octanol–water partition coefficient (Wildman–Crippen LogP) is 3.87. The van der Waals surface area contributed by atoms with E-state index in [1.807, 2.05) is 18.2 Å². The zero-order chi connectivity index (χ0) is 24.4. The molecule has 186 valence electrons. The Hall–Kier alpha value is -2.89. The van der Waals surface area contributed by atoms with Crippen LogP contribution in [0.15, 0.2) is 59.0 Å². The number of halogens is 2. The Balaban J connectivity index is 1.34. The monoisotopic (exact) mass is 504 g/mol. The highest BCUT2D eigenvalue weighted by atomic mass is 32.2. The van der Waals surface area contributed by atoms with Gasteiger partial charge < -0.3 is 9.15 Å². The molecule has 2 aliphatic rings. The average Bonchev–Trinajstić information content (AvgIpc) is 3.34. The third-order valence-electron chi connectivity index (χ3n) is 6.54. The number of likely N-dealkylation sites (tertiary alicyclic amines) is 1. The van der Waals surface area contributed by atoms with E-state index in [9.17, 15) is 17.2 Å². The zero-order valence-corrected chi connectivity index (χ0v) is 19.8. The lowest BCUT2D eigenvalue weighted by molar-refractivity contribution is -0.0695. The fourth-order valence-corrected chi connectivity index (χ4v) is 6.34. The Morgan fingerprint density at radius 2 is 1.69 bits per heavy atom. The molecule has 0 spiro atoms. The van der Waals surface area contributed by atoms with Crippen LogP contribution in [0.1, 0.15) is 30.7 Å². The maximum Gasteiger partial charge on any atom is 0.314 e. The van der Waals surface area contributed by atoms with Gasteiger partial charge in [-0.3, -0.25) is 9.21 Å². The predicted molar refractivity (Wildman–Crippen MR) is 125 cm³/mol. The van der Waals surface area contributed by atoms with Crippen molar-refractivity contribution >= 4 is 15.7 Å². The van der Waals surface area contributed by atoms with Crippen LogP contribution < -0.4 is 4.31 Å². The van der Waals surface area contributed by atoms with Gasteiger partial charge in [0.25, 0.3) is 5.89 Å². The Labute approximate surface area is 202 Å². The van der Waals surface area contributed by atoms with Gasteiger partial charge in [0.1, 0.15) is 0 Å². The average molecular weight is 505 g/mol. The minimum atomic E-state index is -3.63. The number of para-hydroxylation sites is 1. The van der Waals surface area contributed by atoms with Crippen molar-refractivity contribution in [3.8, 4) is 11.5 Å². The molecule has 0 amide bonds. The van der Waals surface area contributed by atoms with E-state index in [-0.39, 0.29) is 12.4 Å². The summed E-state index contributed by atoms with van der Waals surface area (Å²) in [6.45, 7) is 3.06. The summed E-state index contributed by atoms with van der Waals surface area (Å²) in [6.07, 6.45) is -1.69. The normalized spacial score (nSPS) is 18.0. The Kier molecular flexibility index (Phi) is 6.81. The topological polar surface area (TPSA) is 88.8 Å². The second-order valence-corrected chi connectivity index (χ2v) is 10.9. The van der Waals surface area contributed by atoms with Gasteiger partial charge in [-0.1, -0.05) is 30.3 Å². The smallest absolute Gasteiger partial charge is 0.314 e. The molecular formula is C24H26F2N4O4S. The largest absolute Gasteiger partial charge is 0.415 e. The lowest BCUT2D eigenvalue weighted by atomic mass is 10.1. The first kappa shape index (κ1) is 23.8. The molecule has 5 rings (SSSR count). The molecule has 2 aliphatic heterocycles. The van der Waals surface area contributed by atoms with Gasteiger partial charge in [0.15, 0.2) is 0 Å². The molecule has 0 saturated carbocycles. The maximum atomic E-state index is 13.8. The summed E-state index contributed by atoms with van der Waals surface area (Å²) in [5.74, 6) is -0.746. The van der Waals surface area contributed by atoms with Gasteiger partial charge in [-0.15, -0.1) is 10.2 Å². The molecule has 0 atom stereocenters. The van der Waals surface area contributed by atoms with E-state index in [1.54, 1.807) is 36.4 Å². The van der Waals surface area contributed by atoms with Crippen LogP contribution in [0.25, 0.3) is 11.5 Å². The molecule has 3 heterocycles. The Morgan fingerprint density at radius 3 is 2.26 bits per heavy atom. The van der Waals surface area contributed by atoms with Crippen molar-refractivity contribution < 1.29 is 26.4 Å². The van der Waals surface area contributed by atoms with Crippen LogP contribution in [0.3, 0.4) is 0 Å². The first-order chi connectivity index (χ1) is 16.9. The van der Waals surface area contributed by atoms with Gasteiger partial charge >= 0.3 is 6.43 Å². The molecule has 3 aromatic rings. The molecule has 35 heavy (non-hydrogen) atoms. The summed E-state index contributed by atoms with van der Waals surface area (Å²) in [4.78, 5) is 2.32. The molecule has 11 heteroatoms. The van der Waals surface area contributed by atoms with Gasteiger partial charge in [0, 0.05) is 5.56 Å². The minimum Gasteiger partial charge on any atom is -0.415 e. The van der Waals surface area contributed by atoms with Crippen molar-refractivity contribution in [2.24, 2.45) is 0 Å². The highest BCUT2D eigenvalue weighted by Crippen LogP contribution is 2.30. The fraction of sp³-hybridized carbons (Fsp3) is 0.417. The lowest BCUT2D eigenvalue weighted by Gasteiger charge is -2.42. The standard InChI is InChI=1S/C24H26F2N4O4S/c25-22(26)24-28-27-23(34-24)18-8-6-17(7-9-18)14-30(19-4-2-1-3-5-19)35(31,32)21-10-12-29(13-11-21)20-15-33-16-20/h1-9,20-22H,10-16H2. The third kappa shape index (κ3) is 5.07. The van der Waals surface area contributed by atoms with E-state index in [0.29, 0.717) is 30.1 Å². The number of alkyl halides is 2. The van der Waals surface area contributed by atoms with E-state index in [1.165, 1.54) is 4.31 Å². The number of ether oxygens (including phenoxy) is 1. The fourth-order valence-electron chi connectivity index (χ4n) is 4.43. The molecule has 2 aromatic carbocycles. The van der Waals surface area contributed by atoms with Crippen molar-refractivity contribution in [1.29, 1.82) is 0 Å². The molecule has 2 fully saturated rings. The molecule has 0 bridgehead atoms. The van der Waals surface area contributed by atoms with Crippen molar-refractivity contribution in [1.82, 2.24) is 15.1 Å². The lowest BCUT2D eigenvalue weighted by Crippen LogP contribution is -2.54. The summed E-state index contributed by atoms with van der Waals surface area (Å²) in [5, 5.41) is 6.54. The summed E-state index contributed by atoms with van der Waals surface area (Å²) in [5.41, 5.74) is 1.83. The second kappa shape index (κ2) is 10.00. The summed E-state index contributed by atoms with van der Waals surface area (Å²) < 4.78 is 64.8. The molecule has 0 radical (unpaired) electrons. The summed E-state index contributed by atoms with van der Waals surface area (Å²) in [7, 11) is -3.63. The second-order valence-electron chi connectivity index (χ2n) is 8.76. The van der Waals surface area contributed by atoms with Crippen molar-refractivity contribution in [2.45, 2.75) is 37.1 Å². The van der Waals surface area contributed by atoms with E-state index in [2.05, 4.69) is 15.1 Å². The quantitative estimate of drug-likeness (QED) is 0.460. The van der Waals surface area contributed by atoms with Gasteiger partial charge in [-0.2, -0.15) is 8.78 Å². The van der Waals surface area contributed by atoms with Crippen LogP contribution in [-0.2, 0) is 21.3 Å². The van der Waals surface area contributed by atoms with E-state index < -0.39 is 27.6 Å². The number of aromatic nitrogens is 2. The number of rotatable bonds is 8. The maximum absolute atomic E-state index is 13.8. The van der Waals surface area contributed by atoms with Gasteiger partial charge in [-0.05, 0) is 55.8 Å². The van der Waals surface area contributed by atoms with Crippen LogP contribution in [-0.4, -0.2) is 61.1 Å². The summed E-state index contributed by atoms with van der Waals surface area (Å²) >= 11 is 0. The molecule has 8 nitrogen and oxygen atoms in total. The summed E-state index contributed by atoms with van der Waals surface area (Å²) in [6, 6.07) is 16.3. The van der Waals surface area contributed by atoms with Gasteiger partial charge in [0.2, 0.25) is 15.9 Å². The number of sulfonamides is 1. The van der Waals surface area contributed by atoms with Gasteiger partial charge in [0.05, 0.1) is 36.7 Å². The highest BCUT2D eigenvalue weighted by molar-refractivity contribution is 7.93. The van der Waals surface area contributed by atoms with E-state index in [0.717, 1.165) is 31.9 Å². The van der Waals surface area contributed by atoms with E-state index >= 15 is 0 Å². The molecule has 1 aromatic heterocycles. The molecule has 2 saturated heterocycles. The van der Waals surface area contributed by atoms with Crippen LogP contribution in [0.5, 0.6) is 0 Å². The first-order valence-electron chi connectivity index (χ1n) is 11.5. The van der Waals surface area contributed by atoms with Crippen LogP contribution >= 0.6 is 0 Å². The van der Waals surface area contributed by atoms with Crippen molar-refractivity contribution in [3.05, 3.63) is 66.1 Å². The number of piperidine rings is 1. The van der Waals surface area contributed by atoms with Crippen molar-refractivity contribution in [3.63, 3.8) is 0 Å². The molecular weight excluding hydrogens is 478 g/mol. The minimum absolute atomic E-state index is 0.0111.